The monoisotopic (exact) mass is 264 g/mol. The number of methoxy groups -OCH3 is 1. The van der Waals surface area contributed by atoms with E-state index in [4.69, 9.17) is 10.5 Å². The van der Waals surface area contributed by atoms with Crippen LogP contribution in [0.3, 0.4) is 0 Å². The van der Waals surface area contributed by atoms with E-state index in [0.717, 1.165) is 26.0 Å². The molecule has 0 heterocycles. The number of nitrogens with two attached hydrogens (primary N) is 1. The van der Waals surface area contributed by atoms with E-state index in [1.54, 1.807) is 7.11 Å². The average Bonchev–Trinajstić information content (AvgIpc) is 2.41. The minimum atomic E-state index is 0.264. The largest absolute Gasteiger partial charge is 0.383 e. The number of likely N-dealkylation sites (N-methyl/N-ethyl adjacent to an activating group) is 1. The standard InChI is InChI=1S/C16H28N2O/c1-5-15(17)11-14-7-9-16(10-8-14)18(6-2)13(3)12-19-4/h7-10,13,15H,5-6,11-12,17H2,1-4H3. The van der Waals surface area contributed by atoms with Gasteiger partial charge < -0.3 is 15.4 Å². The van der Waals surface area contributed by atoms with E-state index in [1.807, 2.05) is 0 Å². The second-order valence-electron chi connectivity index (χ2n) is 5.13. The first kappa shape index (κ1) is 16.0. The van der Waals surface area contributed by atoms with E-state index in [0.29, 0.717) is 6.04 Å². The second kappa shape index (κ2) is 8.18. The van der Waals surface area contributed by atoms with E-state index in [-0.39, 0.29) is 6.04 Å². The minimum Gasteiger partial charge on any atom is -0.383 e. The van der Waals surface area contributed by atoms with Crippen LogP contribution in [0.25, 0.3) is 0 Å². The highest BCUT2D eigenvalue weighted by Gasteiger charge is 2.12. The van der Waals surface area contributed by atoms with Gasteiger partial charge in [0.1, 0.15) is 0 Å². The Morgan fingerprint density at radius 3 is 2.32 bits per heavy atom. The maximum atomic E-state index is 5.99. The number of hydrogen-bond donors (Lipinski definition) is 1. The van der Waals surface area contributed by atoms with E-state index < -0.39 is 0 Å². The lowest BCUT2D eigenvalue weighted by atomic mass is 10.0. The molecule has 0 amide bonds. The molecule has 2 atom stereocenters. The summed E-state index contributed by atoms with van der Waals surface area (Å²) in [5.74, 6) is 0. The molecule has 2 N–H and O–H groups in total. The molecular weight excluding hydrogens is 236 g/mol. The lowest BCUT2D eigenvalue weighted by molar-refractivity contribution is 0.182. The molecule has 0 aromatic heterocycles. The van der Waals surface area contributed by atoms with Crippen LogP contribution >= 0.6 is 0 Å². The Hall–Kier alpha value is -1.06. The van der Waals surface area contributed by atoms with Gasteiger partial charge in [-0.15, -0.1) is 0 Å². The summed E-state index contributed by atoms with van der Waals surface area (Å²) in [6, 6.07) is 9.40. The zero-order valence-corrected chi connectivity index (χ0v) is 12.7. The van der Waals surface area contributed by atoms with Crippen molar-refractivity contribution in [1.82, 2.24) is 0 Å². The van der Waals surface area contributed by atoms with Crippen LogP contribution in [0.5, 0.6) is 0 Å². The summed E-state index contributed by atoms with van der Waals surface area (Å²) in [7, 11) is 1.75. The van der Waals surface area contributed by atoms with Gasteiger partial charge in [0.15, 0.2) is 0 Å². The molecule has 0 saturated heterocycles. The predicted octanol–water partition coefficient (Wildman–Crippen LogP) is 2.83. The van der Waals surface area contributed by atoms with Crippen LogP contribution in [0, 0.1) is 0 Å². The third-order valence-electron chi connectivity index (χ3n) is 3.57. The molecule has 108 valence electrons. The number of anilines is 1. The highest BCUT2D eigenvalue weighted by Crippen LogP contribution is 2.18. The third-order valence-corrected chi connectivity index (χ3v) is 3.57. The molecule has 1 aromatic rings. The van der Waals surface area contributed by atoms with Gasteiger partial charge in [0, 0.05) is 31.4 Å². The van der Waals surface area contributed by atoms with Crippen molar-refractivity contribution in [2.75, 3.05) is 25.2 Å². The molecule has 2 unspecified atom stereocenters. The van der Waals surface area contributed by atoms with Crippen molar-refractivity contribution >= 4 is 5.69 Å². The summed E-state index contributed by atoms with van der Waals surface area (Å²) in [5.41, 5.74) is 8.55. The van der Waals surface area contributed by atoms with Crippen molar-refractivity contribution in [2.24, 2.45) is 5.73 Å². The van der Waals surface area contributed by atoms with Crippen LogP contribution in [0.1, 0.15) is 32.8 Å². The maximum Gasteiger partial charge on any atom is 0.0663 e. The SMILES string of the molecule is CCC(N)Cc1ccc(N(CC)C(C)COC)cc1. The van der Waals surface area contributed by atoms with Gasteiger partial charge in [0.2, 0.25) is 0 Å². The first-order valence-electron chi connectivity index (χ1n) is 7.22. The minimum absolute atomic E-state index is 0.264. The van der Waals surface area contributed by atoms with Gasteiger partial charge in [-0.1, -0.05) is 19.1 Å². The molecule has 0 aliphatic carbocycles. The van der Waals surface area contributed by atoms with Gasteiger partial charge >= 0.3 is 0 Å². The van der Waals surface area contributed by atoms with Crippen LogP contribution < -0.4 is 10.6 Å². The van der Waals surface area contributed by atoms with Gasteiger partial charge in [0.05, 0.1) is 6.61 Å². The molecule has 0 spiro atoms. The molecule has 1 aromatic carbocycles. The molecule has 1 rings (SSSR count). The van der Waals surface area contributed by atoms with Gasteiger partial charge in [0.25, 0.3) is 0 Å². The average molecular weight is 264 g/mol. The number of benzene rings is 1. The maximum absolute atomic E-state index is 5.99. The zero-order chi connectivity index (χ0) is 14.3. The van der Waals surface area contributed by atoms with Gasteiger partial charge in [-0.3, -0.25) is 0 Å². The van der Waals surface area contributed by atoms with Crippen LogP contribution in [0.4, 0.5) is 5.69 Å². The fraction of sp³-hybridized carbons (Fsp3) is 0.625. The summed E-state index contributed by atoms with van der Waals surface area (Å²) in [5, 5.41) is 0. The third kappa shape index (κ3) is 4.84. The quantitative estimate of drug-likeness (QED) is 0.784. The van der Waals surface area contributed by atoms with E-state index in [2.05, 4.69) is 49.9 Å². The summed E-state index contributed by atoms with van der Waals surface area (Å²) in [6.45, 7) is 8.22. The molecule has 0 saturated carbocycles. The molecule has 0 fully saturated rings. The van der Waals surface area contributed by atoms with Crippen molar-refractivity contribution in [3.8, 4) is 0 Å². The predicted molar refractivity (Wildman–Crippen MR) is 82.8 cm³/mol. The van der Waals surface area contributed by atoms with Crippen LogP contribution in [-0.2, 0) is 11.2 Å². The molecular formula is C16H28N2O. The molecule has 3 nitrogen and oxygen atoms in total. The lowest BCUT2D eigenvalue weighted by Crippen LogP contribution is -2.36. The zero-order valence-electron chi connectivity index (χ0n) is 12.7. The second-order valence-corrected chi connectivity index (χ2v) is 5.13. The Kier molecular flexibility index (Phi) is 6.89. The van der Waals surface area contributed by atoms with Crippen molar-refractivity contribution < 1.29 is 4.74 Å². The van der Waals surface area contributed by atoms with Crippen molar-refractivity contribution in [3.63, 3.8) is 0 Å². The Balaban J connectivity index is 2.72. The summed E-state index contributed by atoms with van der Waals surface area (Å²) in [4.78, 5) is 2.35. The van der Waals surface area contributed by atoms with Gasteiger partial charge in [-0.05, 0) is 44.4 Å². The van der Waals surface area contributed by atoms with E-state index in [1.165, 1.54) is 11.3 Å². The number of hydrogen-bond acceptors (Lipinski definition) is 3. The fourth-order valence-corrected chi connectivity index (χ4v) is 2.35. The van der Waals surface area contributed by atoms with Crippen LogP contribution in [0.15, 0.2) is 24.3 Å². The highest BCUT2D eigenvalue weighted by atomic mass is 16.5. The van der Waals surface area contributed by atoms with Crippen LogP contribution in [0.2, 0.25) is 0 Å². The Bertz CT molecular complexity index is 350. The fourth-order valence-electron chi connectivity index (χ4n) is 2.35. The Morgan fingerprint density at radius 1 is 1.21 bits per heavy atom. The molecule has 0 aliphatic heterocycles. The van der Waals surface area contributed by atoms with Gasteiger partial charge in [-0.25, -0.2) is 0 Å². The Morgan fingerprint density at radius 2 is 1.84 bits per heavy atom. The van der Waals surface area contributed by atoms with Crippen molar-refractivity contribution in [1.29, 1.82) is 0 Å². The number of ether oxygens (including phenoxy) is 1. The molecule has 19 heavy (non-hydrogen) atoms. The summed E-state index contributed by atoms with van der Waals surface area (Å²) >= 11 is 0. The summed E-state index contributed by atoms with van der Waals surface area (Å²) < 4.78 is 5.24. The molecule has 0 aliphatic rings. The van der Waals surface area contributed by atoms with Gasteiger partial charge in [-0.2, -0.15) is 0 Å². The number of rotatable bonds is 8. The van der Waals surface area contributed by atoms with Crippen molar-refractivity contribution in [2.45, 2.75) is 45.7 Å². The Labute approximate surface area is 117 Å². The molecule has 0 bridgehead atoms. The van der Waals surface area contributed by atoms with E-state index in [9.17, 15) is 0 Å². The normalized spacial score (nSPS) is 14.2. The first-order valence-corrected chi connectivity index (χ1v) is 7.22. The number of nitrogens with zero attached hydrogens (tertiary/aromatic N) is 1. The lowest BCUT2D eigenvalue weighted by Gasteiger charge is -2.30. The smallest absolute Gasteiger partial charge is 0.0663 e. The van der Waals surface area contributed by atoms with Crippen LogP contribution in [-0.4, -0.2) is 32.3 Å². The molecule has 0 radical (unpaired) electrons. The summed E-state index contributed by atoms with van der Waals surface area (Å²) in [6.07, 6.45) is 1.98. The van der Waals surface area contributed by atoms with Crippen molar-refractivity contribution in [3.05, 3.63) is 29.8 Å². The topological polar surface area (TPSA) is 38.5 Å². The molecule has 3 heteroatoms. The highest BCUT2D eigenvalue weighted by molar-refractivity contribution is 5.48. The first-order chi connectivity index (χ1) is 9.12. The van der Waals surface area contributed by atoms with E-state index >= 15 is 0 Å².